The Morgan fingerprint density at radius 1 is 0.920 bits per heavy atom. The molecule has 1 aliphatic rings. The molecule has 1 aliphatic heterocycles. The van der Waals surface area contributed by atoms with Crippen LogP contribution < -0.4 is 0 Å². The summed E-state index contributed by atoms with van der Waals surface area (Å²) in [5, 5.41) is 9.80. The maximum absolute atomic E-state index is 12.4. The number of carboxylic acids is 1. The molecule has 0 spiro atoms. The van der Waals surface area contributed by atoms with E-state index in [1.807, 2.05) is 60.7 Å². The summed E-state index contributed by atoms with van der Waals surface area (Å²) in [5.41, 5.74) is 0.882. The summed E-state index contributed by atoms with van der Waals surface area (Å²) < 4.78 is 0. The van der Waals surface area contributed by atoms with Crippen molar-refractivity contribution < 1.29 is 14.7 Å². The lowest BCUT2D eigenvalue weighted by atomic mass is 9.73. The highest BCUT2D eigenvalue weighted by Crippen LogP contribution is 2.36. The third-order valence-electron chi connectivity index (χ3n) is 4.88. The molecule has 0 saturated carbocycles. The zero-order valence-electron chi connectivity index (χ0n) is 14.0. The van der Waals surface area contributed by atoms with Crippen LogP contribution in [-0.2, 0) is 15.0 Å². The number of hydrogen-bond acceptors (Lipinski definition) is 2. The minimum absolute atomic E-state index is 0.0732. The minimum atomic E-state index is -0.902. The first-order valence-electron chi connectivity index (χ1n) is 8.43. The van der Waals surface area contributed by atoms with Crippen LogP contribution >= 0.6 is 0 Å². The quantitative estimate of drug-likeness (QED) is 0.872. The first kappa shape index (κ1) is 17.0. The van der Waals surface area contributed by atoms with Crippen molar-refractivity contribution in [2.24, 2.45) is 0 Å². The highest BCUT2D eigenvalue weighted by Gasteiger charge is 2.43. The Balaban J connectivity index is 1.69. The molecule has 0 unspecified atom stereocenters. The van der Waals surface area contributed by atoms with Crippen molar-refractivity contribution in [2.45, 2.75) is 18.3 Å². The van der Waals surface area contributed by atoms with Crippen LogP contribution in [0.3, 0.4) is 0 Å². The van der Waals surface area contributed by atoms with Gasteiger partial charge in [-0.05, 0) is 30.0 Å². The molecule has 1 saturated heterocycles. The third-order valence-corrected chi connectivity index (χ3v) is 4.88. The van der Waals surface area contributed by atoms with Gasteiger partial charge in [0.05, 0.1) is 5.41 Å². The van der Waals surface area contributed by atoms with Crippen molar-refractivity contribution in [1.82, 2.24) is 4.90 Å². The van der Waals surface area contributed by atoms with E-state index >= 15 is 0 Å². The molecule has 4 heteroatoms. The van der Waals surface area contributed by atoms with E-state index in [9.17, 15) is 14.7 Å². The van der Waals surface area contributed by atoms with Gasteiger partial charge < -0.3 is 10.0 Å². The number of carbonyl (C=O) groups is 2. The number of hydrogen-bond donors (Lipinski definition) is 1. The molecule has 1 N–H and O–H groups in total. The molecule has 4 nitrogen and oxygen atoms in total. The Morgan fingerprint density at radius 2 is 1.48 bits per heavy atom. The molecule has 1 heterocycles. The van der Waals surface area contributed by atoms with Gasteiger partial charge in [0.2, 0.25) is 5.91 Å². The second-order valence-corrected chi connectivity index (χ2v) is 6.32. The maximum atomic E-state index is 12.4. The normalized spacial score (nSPS) is 16.7. The van der Waals surface area contributed by atoms with Gasteiger partial charge in [0.25, 0.3) is 0 Å². The molecule has 0 bridgehead atoms. The number of amides is 1. The van der Waals surface area contributed by atoms with Crippen LogP contribution in [0, 0.1) is 0 Å². The molecule has 0 atom stereocenters. The number of piperidine rings is 1. The fraction of sp³-hybridized carbons (Fsp3) is 0.238. The fourth-order valence-electron chi connectivity index (χ4n) is 3.33. The SMILES string of the molecule is O=C(/C=C/c1ccccc1)N1CCC(C(=O)O)(c2ccccc2)CC1. The van der Waals surface area contributed by atoms with Crippen molar-refractivity contribution in [3.05, 3.63) is 77.9 Å². The van der Waals surface area contributed by atoms with Crippen LogP contribution in [0.15, 0.2) is 66.7 Å². The molecule has 0 radical (unpaired) electrons. The number of likely N-dealkylation sites (tertiary alicyclic amines) is 1. The van der Waals surface area contributed by atoms with E-state index in [-0.39, 0.29) is 5.91 Å². The summed E-state index contributed by atoms with van der Waals surface area (Å²) in [4.78, 5) is 26.1. The number of carboxylic acid groups (broad SMARTS) is 1. The van der Waals surface area contributed by atoms with Crippen molar-refractivity contribution in [3.8, 4) is 0 Å². The third kappa shape index (κ3) is 3.63. The number of benzene rings is 2. The van der Waals surface area contributed by atoms with Crippen LogP contribution in [-0.4, -0.2) is 35.0 Å². The number of aliphatic carboxylic acids is 1. The number of nitrogens with zero attached hydrogens (tertiary/aromatic N) is 1. The first-order valence-corrected chi connectivity index (χ1v) is 8.43. The van der Waals surface area contributed by atoms with E-state index in [1.54, 1.807) is 17.1 Å². The average molecular weight is 335 g/mol. The zero-order chi connectivity index (χ0) is 17.7. The summed E-state index contributed by atoms with van der Waals surface area (Å²) in [6.45, 7) is 0.887. The maximum Gasteiger partial charge on any atom is 0.314 e. The van der Waals surface area contributed by atoms with Crippen molar-refractivity contribution in [3.63, 3.8) is 0 Å². The molecule has 1 amide bonds. The summed E-state index contributed by atoms with van der Waals surface area (Å²) in [5.74, 6) is -0.887. The Morgan fingerprint density at radius 3 is 2.04 bits per heavy atom. The number of carbonyl (C=O) groups excluding carboxylic acids is 1. The molecule has 2 aromatic rings. The highest BCUT2D eigenvalue weighted by atomic mass is 16.4. The number of rotatable bonds is 4. The summed E-state index contributed by atoms with van der Waals surface area (Å²) in [6, 6.07) is 19.0. The largest absolute Gasteiger partial charge is 0.481 e. The Bertz CT molecular complexity index is 760. The predicted octanol–water partition coefficient (Wildman–Crippen LogP) is 3.34. The molecule has 3 rings (SSSR count). The van der Waals surface area contributed by atoms with Gasteiger partial charge in [-0.2, -0.15) is 0 Å². The van der Waals surface area contributed by atoms with Gasteiger partial charge in [0.15, 0.2) is 0 Å². The molecule has 0 aliphatic carbocycles. The molecule has 25 heavy (non-hydrogen) atoms. The lowest BCUT2D eigenvalue weighted by Crippen LogP contribution is -2.48. The van der Waals surface area contributed by atoms with Crippen molar-refractivity contribution >= 4 is 18.0 Å². The van der Waals surface area contributed by atoms with Crippen molar-refractivity contribution in [1.29, 1.82) is 0 Å². The van der Waals surface area contributed by atoms with E-state index in [0.717, 1.165) is 11.1 Å². The molecule has 2 aromatic carbocycles. The first-order chi connectivity index (χ1) is 12.1. The molecular weight excluding hydrogens is 314 g/mol. The van der Waals surface area contributed by atoms with E-state index in [2.05, 4.69) is 0 Å². The van der Waals surface area contributed by atoms with Gasteiger partial charge >= 0.3 is 5.97 Å². The van der Waals surface area contributed by atoms with Crippen molar-refractivity contribution in [2.75, 3.05) is 13.1 Å². The van der Waals surface area contributed by atoms with Crippen LogP contribution in [0.1, 0.15) is 24.0 Å². The lowest BCUT2D eigenvalue weighted by molar-refractivity contribution is -0.147. The van der Waals surface area contributed by atoms with Gasteiger partial charge in [-0.15, -0.1) is 0 Å². The standard InChI is InChI=1S/C21H21NO3/c23-19(12-11-17-7-3-1-4-8-17)22-15-13-21(14-16-22,20(24)25)18-9-5-2-6-10-18/h1-12H,13-16H2,(H,24,25)/b12-11+. The Hall–Kier alpha value is -2.88. The van der Waals surface area contributed by atoms with Gasteiger partial charge in [-0.25, -0.2) is 0 Å². The second-order valence-electron chi connectivity index (χ2n) is 6.32. The second kappa shape index (κ2) is 7.34. The predicted molar refractivity (Wildman–Crippen MR) is 97.0 cm³/mol. The van der Waals surface area contributed by atoms with Crippen LogP contribution in [0.5, 0.6) is 0 Å². The molecular formula is C21H21NO3. The Kier molecular flexibility index (Phi) is 4.98. The van der Waals surface area contributed by atoms with Gasteiger partial charge in [0.1, 0.15) is 0 Å². The summed E-state index contributed by atoms with van der Waals surface area (Å²) in [6.07, 6.45) is 4.21. The average Bonchev–Trinajstić information content (AvgIpc) is 2.67. The van der Waals surface area contributed by atoms with Crippen LogP contribution in [0.2, 0.25) is 0 Å². The fourth-order valence-corrected chi connectivity index (χ4v) is 3.33. The van der Waals surface area contributed by atoms with E-state index in [0.29, 0.717) is 25.9 Å². The van der Waals surface area contributed by atoms with Gasteiger partial charge in [-0.3, -0.25) is 9.59 Å². The molecule has 128 valence electrons. The van der Waals surface area contributed by atoms with E-state index in [1.165, 1.54) is 0 Å². The summed E-state index contributed by atoms with van der Waals surface area (Å²) >= 11 is 0. The zero-order valence-corrected chi connectivity index (χ0v) is 14.0. The highest BCUT2D eigenvalue weighted by molar-refractivity contribution is 5.92. The van der Waals surface area contributed by atoms with Gasteiger partial charge in [0, 0.05) is 19.2 Å². The molecule has 0 aromatic heterocycles. The monoisotopic (exact) mass is 335 g/mol. The Labute approximate surface area is 147 Å². The van der Waals surface area contributed by atoms with Gasteiger partial charge in [-0.1, -0.05) is 60.7 Å². The molecule has 1 fully saturated rings. The van der Waals surface area contributed by atoms with E-state index in [4.69, 9.17) is 0 Å². The lowest BCUT2D eigenvalue weighted by Gasteiger charge is -2.38. The minimum Gasteiger partial charge on any atom is -0.481 e. The van der Waals surface area contributed by atoms with Crippen LogP contribution in [0.25, 0.3) is 6.08 Å². The summed E-state index contributed by atoms with van der Waals surface area (Å²) in [7, 11) is 0. The van der Waals surface area contributed by atoms with E-state index < -0.39 is 11.4 Å². The van der Waals surface area contributed by atoms with Crippen LogP contribution in [0.4, 0.5) is 0 Å². The topological polar surface area (TPSA) is 57.6 Å². The smallest absolute Gasteiger partial charge is 0.314 e.